The fraction of sp³-hybridized carbons (Fsp3) is 0.435. The van der Waals surface area contributed by atoms with Crippen molar-refractivity contribution in [1.82, 2.24) is 19.8 Å². The van der Waals surface area contributed by atoms with Gasteiger partial charge in [0.05, 0.1) is 12.2 Å². The number of hydrogen-bond acceptors (Lipinski definition) is 6. The number of nitrogens with one attached hydrogen (secondary N) is 2. The van der Waals surface area contributed by atoms with Gasteiger partial charge in [0, 0.05) is 42.9 Å². The lowest BCUT2D eigenvalue weighted by molar-refractivity contribution is -0.147. The third-order valence-corrected chi connectivity index (χ3v) is 5.70. The first kappa shape index (κ1) is 22.5. The number of benzene rings is 1. The van der Waals surface area contributed by atoms with Gasteiger partial charge in [-0.15, -0.1) is 0 Å². The third-order valence-electron chi connectivity index (χ3n) is 5.70. The van der Waals surface area contributed by atoms with Crippen LogP contribution in [0, 0.1) is 11.8 Å². The highest BCUT2D eigenvalue weighted by Crippen LogP contribution is 2.28. The van der Waals surface area contributed by atoms with Gasteiger partial charge in [0.2, 0.25) is 11.8 Å². The summed E-state index contributed by atoms with van der Waals surface area (Å²) < 4.78 is 7.22. The Balaban J connectivity index is 1.43. The van der Waals surface area contributed by atoms with Crippen LogP contribution >= 0.6 is 0 Å². The summed E-state index contributed by atoms with van der Waals surface area (Å²) >= 11 is 0. The number of Topliss-reactive ketones (excluding diaryl/α,β-unsaturated/α-hetero) is 1. The van der Waals surface area contributed by atoms with E-state index in [1.165, 1.54) is 4.90 Å². The molecule has 2 fully saturated rings. The monoisotopic (exact) mass is 453 g/mol. The predicted molar refractivity (Wildman–Crippen MR) is 119 cm³/mol. The Labute approximate surface area is 191 Å². The fourth-order valence-corrected chi connectivity index (χ4v) is 4.11. The molecule has 0 bridgehead atoms. The average molecular weight is 453 g/mol. The molecule has 10 nitrogen and oxygen atoms in total. The second-order valence-electron chi connectivity index (χ2n) is 9.28. The van der Waals surface area contributed by atoms with E-state index in [0.29, 0.717) is 18.7 Å². The van der Waals surface area contributed by atoms with Gasteiger partial charge >= 0.3 is 6.09 Å². The first-order valence-electron chi connectivity index (χ1n) is 10.8. The maximum Gasteiger partial charge on any atom is 0.410 e. The number of rotatable bonds is 3. The summed E-state index contributed by atoms with van der Waals surface area (Å²) in [6, 6.07) is 6.55. The zero-order valence-electron chi connectivity index (χ0n) is 18.8. The van der Waals surface area contributed by atoms with Crippen LogP contribution in [0.1, 0.15) is 27.2 Å². The van der Waals surface area contributed by atoms with Gasteiger partial charge in [-0.2, -0.15) is 0 Å². The van der Waals surface area contributed by atoms with Gasteiger partial charge in [-0.05, 0) is 51.5 Å². The fourth-order valence-electron chi connectivity index (χ4n) is 4.11. The van der Waals surface area contributed by atoms with E-state index < -0.39 is 47.2 Å². The molecule has 33 heavy (non-hydrogen) atoms. The Morgan fingerprint density at radius 2 is 1.91 bits per heavy atom. The molecular weight excluding hydrogens is 426 g/mol. The summed E-state index contributed by atoms with van der Waals surface area (Å²) in [4.78, 5) is 56.5. The number of carbonyl (C=O) groups is 4. The molecule has 3 heterocycles. The summed E-state index contributed by atoms with van der Waals surface area (Å²) in [7, 11) is 0. The van der Waals surface area contributed by atoms with Crippen molar-refractivity contribution in [1.29, 1.82) is 0 Å². The molecule has 4 rings (SSSR count). The van der Waals surface area contributed by atoms with E-state index in [2.05, 4.69) is 15.6 Å². The minimum absolute atomic E-state index is 0.0993. The van der Waals surface area contributed by atoms with Crippen molar-refractivity contribution in [3.8, 4) is 5.69 Å². The molecule has 174 valence electrons. The maximum absolute atomic E-state index is 13.2. The van der Waals surface area contributed by atoms with Crippen LogP contribution in [-0.4, -0.2) is 62.9 Å². The number of ketones is 1. The summed E-state index contributed by atoms with van der Waals surface area (Å²) in [6.07, 6.45) is 5.01. The van der Waals surface area contributed by atoms with Crippen LogP contribution in [0.25, 0.3) is 5.69 Å². The Bertz CT molecular complexity index is 1060. The van der Waals surface area contributed by atoms with Crippen molar-refractivity contribution >= 4 is 29.4 Å². The number of anilines is 1. The smallest absolute Gasteiger partial charge is 0.410 e. The minimum atomic E-state index is -1.47. The normalized spacial score (nSPS) is 22.9. The quantitative estimate of drug-likeness (QED) is 0.683. The number of likely N-dealkylation sites (tertiary alicyclic amines) is 1. The van der Waals surface area contributed by atoms with Crippen molar-refractivity contribution in [2.24, 2.45) is 11.8 Å². The topological polar surface area (TPSA) is 123 Å². The maximum atomic E-state index is 13.2. The Morgan fingerprint density at radius 3 is 2.55 bits per heavy atom. The van der Waals surface area contributed by atoms with E-state index in [1.807, 2.05) is 4.57 Å². The molecule has 1 aromatic heterocycles. The highest BCUT2D eigenvalue weighted by atomic mass is 16.6. The lowest BCUT2D eigenvalue weighted by atomic mass is 9.78. The molecule has 3 unspecified atom stereocenters. The highest BCUT2D eigenvalue weighted by Gasteiger charge is 2.49. The number of fused-ring (bicyclic) bond motifs is 1. The van der Waals surface area contributed by atoms with Crippen LogP contribution in [0.2, 0.25) is 0 Å². The van der Waals surface area contributed by atoms with Crippen LogP contribution in [0.15, 0.2) is 43.0 Å². The average Bonchev–Trinajstić information content (AvgIpc) is 3.28. The Kier molecular flexibility index (Phi) is 5.92. The van der Waals surface area contributed by atoms with Gasteiger partial charge in [0.1, 0.15) is 5.60 Å². The summed E-state index contributed by atoms with van der Waals surface area (Å²) in [5, 5.41) is 5.45. The van der Waals surface area contributed by atoms with Gasteiger partial charge in [0.25, 0.3) is 0 Å². The second kappa shape index (κ2) is 8.68. The molecule has 2 N–H and O–H groups in total. The second-order valence-corrected chi connectivity index (χ2v) is 9.28. The molecule has 10 heteroatoms. The number of carbonyl (C=O) groups excluding carboxylic acids is 4. The molecule has 0 saturated carbocycles. The molecular formula is C23H27N5O5. The van der Waals surface area contributed by atoms with Crippen LogP contribution in [0.3, 0.4) is 0 Å². The first-order valence-corrected chi connectivity index (χ1v) is 10.8. The van der Waals surface area contributed by atoms with Gasteiger partial charge in [0.15, 0.2) is 11.7 Å². The lowest BCUT2D eigenvalue weighted by Gasteiger charge is -2.42. The number of piperidine rings is 2. The largest absolute Gasteiger partial charge is 0.444 e. The van der Waals surface area contributed by atoms with E-state index in [-0.39, 0.29) is 6.54 Å². The van der Waals surface area contributed by atoms with Crippen LogP contribution in [0.4, 0.5) is 10.5 Å². The molecule has 0 spiro atoms. The molecule has 0 aliphatic carbocycles. The Hall–Kier alpha value is -3.69. The molecule has 2 aliphatic heterocycles. The van der Waals surface area contributed by atoms with Gasteiger partial charge in [-0.25, -0.2) is 9.78 Å². The minimum Gasteiger partial charge on any atom is -0.444 e. The molecule has 2 saturated heterocycles. The standard InChI is InChI=1S/C23H27N5O5/c1-23(2,3)33-22(32)27-10-8-17-16(12-27)19(29)18(21(31)26-17)20(30)25-14-4-6-15(7-5-14)28-11-9-24-13-28/h4-7,9,11,13,16-18H,8,10,12H2,1-3H3,(H,25,30)(H,26,31). The molecule has 0 radical (unpaired) electrons. The van der Waals surface area contributed by atoms with Crippen LogP contribution in [0.5, 0.6) is 0 Å². The number of nitrogens with zero attached hydrogens (tertiary/aromatic N) is 3. The first-order chi connectivity index (χ1) is 15.6. The van der Waals surface area contributed by atoms with Crippen LogP contribution in [-0.2, 0) is 19.1 Å². The van der Waals surface area contributed by atoms with E-state index in [9.17, 15) is 19.2 Å². The number of amides is 3. The summed E-state index contributed by atoms with van der Waals surface area (Å²) in [5.74, 6) is -3.92. The number of aromatic nitrogens is 2. The van der Waals surface area contributed by atoms with Crippen molar-refractivity contribution in [2.45, 2.75) is 38.8 Å². The SMILES string of the molecule is CC(C)(C)OC(=O)N1CCC2NC(=O)C(C(=O)Nc3ccc(-n4ccnc4)cc3)C(=O)C2C1. The summed E-state index contributed by atoms with van der Waals surface area (Å²) in [6.45, 7) is 5.77. The number of ether oxygens (including phenoxy) is 1. The van der Waals surface area contributed by atoms with Crippen molar-refractivity contribution in [3.63, 3.8) is 0 Å². The third kappa shape index (κ3) is 4.89. The number of imidazole rings is 1. The van der Waals surface area contributed by atoms with E-state index in [0.717, 1.165) is 5.69 Å². The zero-order valence-corrected chi connectivity index (χ0v) is 18.8. The highest BCUT2D eigenvalue weighted by molar-refractivity contribution is 6.23. The lowest BCUT2D eigenvalue weighted by Crippen LogP contribution is -2.63. The molecule has 3 atom stereocenters. The zero-order chi connectivity index (χ0) is 23.8. The van der Waals surface area contributed by atoms with E-state index in [4.69, 9.17) is 4.74 Å². The Morgan fingerprint density at radius 1 is 1.18 bits per heavy atom. The van der Waals surface area contributed by atoms with Gasteiger partial charge in [-0.3, -0.25) is 14.4 Å². The van der Waals surface area contributed by atoms with E-state index in [1.54, 1.807) is 63.8 Å². The van der Waals surface area contributed by atoms with Crippen molar-refractivity contribution in [3.05, 3.63) is 43.0 Å². The molecule has 1 aromatic carbocycles. The number of hydrogen-bond donors (Lipinski definition) is 2. The summed E-state index contributed by atoms with van der Waals surface area (Å²) in [5.41, 5.74) is 0.657. The van der Waals surface area contributed by atoms with Crippen molar-refractivity contribution in [2.75, 3.05) is 18.4 Å². The van der Waals surface area contributed by atoms with Gasteiger partial charge in [-0.1, -0.05) is 0 Å². The van der Waals surface area contributed by atoms with Gasteiger partial charge < -0.3 is 24.8 Å². The van der Waals surface area contributed by atoms with Crippen LogP contribution < -0.4 is 10.6 Å². The van der Waals surface area contributed by atoms with E-state index >= 15 is 0 Å². The molecule has 3 amide bonds. The molecule has 2 aliphatic rings. The van der Waals surface area contributed by atoms with Crippen molar-refractivity contribution < 1.29 is 23.9 Å². The molecule has 2 aromatic rings. The predicted octanol–water partition coefficient (Wildman–Crippen LogP) is 1.75.